The standard InChI is InChI=1S/C18H20N4O4S/c1-11-4-6-14(7-5-11)21-9-13(8-15(21)23)17(25)26-10-22-16(24)12(2)19-20-18(22)27-3/h4-7,13H,8-10H2,1-3H3/t13-/m0/s1. The summed E-state index contributed by atoms with van der Waals surface area (Å²) >= 11 is 1.24. The normalized spacial score (nSPS) is 16.6. The van der Waals surface area contributed by atoms with Crippen molar-refractivity contribution in [2.24, 2.45) is 5.92 Å². The fourth-order valence-corrected chi connectivity index (χ4v) is 3.33. The van der Waals surface area contributed by atoms with E-state index in [0.717, 1.165) is 11.3 Å². The van der Waals surface area contributed by atoms with E-state index in [1.807, 2.05) is 31.2 Å². The van der Waals surface area contributed by atoms with Crippen molar-refractivity contribution in [3.05, 3.63) is 45.9 Å². The lowest BCUT2D eigenvalue weighted by Crippen LogP contribution is -2.30. The number of rotatable bonds is 5. The summed E-state index contributed by atoms with van der Waals surface area (Å²) in [7, 11) is 0. The molecule has 0 N–H and O–H groups in total. The molecule has 0 saturated carbocycles. The maximum Gasteiger partial charge on any atom is 0.313 e. The zero-order chi connectivity index (χ0) is 19.6. The average Bonchev–Trinajstić information content (AvgIpc) is 3.05. The van der Waals surface area contributed by atoms with Gasteiger partial charge in [0.1, 0.15) is 5.69 Å². The van der Waals surface area contributed by atoms with Gasteiger partial charge in [-0.1, -0.05) is 29.5 Å². The third kappa shape index (κ3) is 4.02. The Morgan fingerprint density at radius 2 is 1.93 bits per heavy atom. The summed E-state index contributed by atoms with van der Waals surface area (Å²) in [5.41, 5.74) is 1.73. The summed E-state index contributed by atoms with van der Waals surface area (Å²) in [5.74, 6) is -1.20. The topological polar surface area (TPSA) is 94.4 Å². The highest BCUT2D eigenvalue weighted by atomic mass is 32.2. The molecule has 1 amide bonds. The first-order chi connectivity index (χ1) is 12.9. The quantitative estimate of drug-likeness (QED) is 0.566. The Bertz CT molecular complexity index is 926. The molecule has 1 aliphatic heterocycles. The summed E-state index contributed by atoms with van der Waals surface area (Å²) in [6.07, 6.45) is 1.84. The number of esters is 1. The van der Waals surface area contributed by atoms with Gasteiger partial charge in [-0.15, -0.1) is 10.2 Å². The maximum absolute atomic E-state index is 12.4. The molecule has 0 radical (unpaired) electrons. The highest BCUT2D eigenvalue weighted by molar-refractivity contribution is 7.98. The number of benzene rings is 1. The molecular formula is C18H20N4O4S. The van der Waals surface area contributed by atoms with Crippen molar-refractivity contribution in [3.63, 3.8) is 0 Å². The molecule has 1 atom stereocenters. The summed E-state index contributed by atoms with van der Waals surface area (Å²) in [6, 6.07) is 7.56. The lowest BCUT2D eigenvalue weighted by Gasteiger charge is -2.17. The number of carbonyl (C=O) groups is 2. The van der Waals surface area contributed by atoms with Crippen LogP contribution in [0.1, 0.15) is 17.7 Å². The van der Waals surface area contributed by atoms with E-state index in [-0.39, 0.29) is 36.9 Å². The van der Waals surface area contributed by atoms with Crippen LogP contribution in [0.25, 0.3) is 0 Å². The summed E-state index contributed by atoms with van der Waals surface area (Å²) in [6.45, 7) is 3.53. The Hall–Kier alpha value is -2.68. The fourth-order valence-electron chi connectivity index (χ4n) is 2.85. The van der Waals surface area contributed by atoms with Gasteiger partial charge >= 0.3 is 5.97 Å². The fraction of sp³-hybridized carbons (Fsp3) is 0.389. The molecule has 1 fully saturated rings. The molecule has 2 aromatic rings. The molecule has 1 aromatic heterocycles. The third-order valence-corrected chi connectivity index (χ3v) is 5.06. The molecule has 9 heteroatoms. The molecule has 1 aliphatic rings. The van der Waals surface area contributed by atoms with Crippen LogP contribution in [0, 0.1) is 19.8 Å². The molecule has 0 aliphatic carbocycles. The van der Waals surface area contributed by atoms with E-state index in [2.05, 4.69) is 10.2 Å². The molecule has 142 valence electrons. The zero-order valence-corrected chi connectivity index (χ0v) is 16.2. The van der Waals surface area contributed by atoms with Gasteiger partial charge in [-0.2, -0.15) is 0 Å². The minimum absolute atomic E-state index is 0.0879. The number of hydrogen-bond acceptors (Lipinski definition) is 7. The van der Waals surface area contributed by atoms with Crippen molar-refractivity contribution in [1.82, 2.24) is 14.8 Å². The first-order valence-corrected chi connectivity index (χ1v) is 9.65. The second-order valence-corrected chi connectivity index (χ2v) is 7.11. The molecule has 1 aromatic carbocycles. The van der Waals surface area contributed by atoms with E-state index < -0.39 is 11.9 Å². The lowest BCUT2D eigenvalue weighted by molar-refractivity contribution is -0.152. The van der Waals surface area contributed by atoms with Crippen molar-refractivity contribution in [2.75, 3.05) is 17.7 Å². The number of amides is 1. The molecule has 8 nitrogen and oxygen atoms in total. The summed E-state index contributed by atoms with van der Waals surface area (Å²) < 4.78 is 6.57. The zero-order valence-electron chi connectivity index (χ0n) is 15.3. The molecule has 0 unspecified atom stereocenters. The molecule has 2 heterocycles. The number of hydrogen-bond donors (Lipinski definition) is 0. The van der Waals surface area contributed by atoms with Crippen LogP contribution in [-0.4, -0.2) is 39.4 Å². The summed E-state index contributed by atoms with van der Waals surface area (Å²) in [4.78, 5) is 38.5. The van der Waals surface area contributed by atoms with Gasteiger partial charge in [0.25, 0.3) is 5.56 Å². The van der Waals surface area contributed by atoms with Crippen LogP contribution in [0.3, 0.4) is 0 Å². The van der Waals surface area contributed by atoms with Gasteiger partial charge in [0.2, 0.25) is 5.91 Å². The van der Waals surface area contributed by atoms with Gasteiger partial charge in [-0.05, 0) is 32.2 Å². The van der Waals surface area contributed by atoms with E-state index in [9.17, 15) is 14.4 Å². The number of carbonyl (C=O) groups excluding carboxylic acids is 2. The third-order valence-electron chi connectivity index (χ3n) is 4.39. The van der Waals surface area contributed by atoms with Crippen LogP contribution in [0.4, 0.5) is 5.69 Å². The van der Waals surface area contributed by atoms with Gasteiger partial charge in [0, 0.05) is 18.7 Å². The van der Waals surface area contributed by atoms with E-state index >= 15 is 0 Å². The van der Waals surface area contributed by atoms with Crippen LogP contribution >= 0.6 is 11.8 Å². The van der Waals surface area contributed by atoms with Gasteiger partial charge in [-0.3, -0.25) is 14.4 Å². The first-order valence-electron chi connectivity index (χ1n) is 8.42. The van der Waals surface area contributed by atoms with Gasteiger partial charge in [-0.25, -0.2) is 4.57 Å². The highest BCUT2D eigenvalue weighted by Gasteiger charge is 2.36. The second-order valence-electron chi connectivity index (χ2n) is 6.34. The van der Waals surface area contributed by atoms with E-state index in [0.29, 0.717) is 5.16 Å². The number of aromatic nitrogens is 3. The lowest BCUT2D eigenvalue weighted by atomic mass is 10.1. The van der Waals surface area contributed by atoms with Crippen molar-refractivity contribution in [3.8, 4) is 0 Å². The van der Waals surface area contributed by atoms with E-state index in [1.165, 1.54) is 16.3 Å². The minimum Gasteiger partial charge on any atom is -0.443 e. The number of aryl methyl sites for hydroxylation is 2. The van der Waals surface area contributed by atoms with Crippen LogP contribution in [0.15, 0.2) is 34.2 Å². The van der Waals surface area contributed by atoms with E-state index in [1.54, 1.807) is 18.1 Å². The van der Waals surface area contributed by atoms with Crippen molar-refractivity contribution >= 4 is 29.3 Å². The van der Waals surface area contributed by atoms with E-state index in [4.69, 9.17) is 4.74 Å². The Morgan fingerprint density at radius 1 is 1.22 bits per heavy atom. The van der Waals surface area contributed by atoms with Crippen LogP contribution in [0.2, 0.25) is 0 Å². The van der Waals surface area contributed by atoms with Crippen LogP contribution in [0.5, 0.6) is 0 Å². The number of thioether (sulfide) groups is 1. The molecule has 0 spiro atoms. The monoisotopic (exact) mass is 388 g/mol. The first kappa shape index (κ1) is 19.1. The highest BCUT2D eigenvalue weighted by Crippen LogP contribution is 2.26. The molecule has 3 rings (SSSR count). The maximum atomic E-state index is 12.4. The smallest absolute Gasteiger partial charge is 0.313 e. The molecular weight excluding hydrogens is 368 g/mol. The minimum atomic E-state index is -0.567. The Kier molecular flexibility index (Phi) is 5.59. The predicted molar refractivity (Wildman–Crippen MR) is 101 cm³/mol. The van der Waals surface area contributed by atoms with Crippen molar-refractivity contribution in [1.29, 1.82) is 0 Å². The van der Waals surface area contributed by atoms with Gasteiger partial charge < -0.3 is 9.64 Å². The SMILES string of the molecule is CSc1nnc(C)c(=O)n1COC(=O)[C@H]1CC(=O)N(c2ccc(C)cc2)C1. The van der Waals surface area contributed by atoms with Crippen molar-refractivity contribution in [2.45, 2.75) is 32.2 Å². The molecule has 0 bridgehead atoms. The number of anilines is 1. The number of ether oxygens (including phenoxy) is 1. The number of nitrogens with zero attached hydrogens (tertiary/aromatic N) is 4. The Morgan fingerprint density at radius 3 is 2.59 bits per heavy atom. The molecule has 1 saturated heterocycles. The van der Waals surface area contributed by atoms with Crippen LogP contribution < -0.4 is 10.5 Å². The van der Waals surface area contributed by atoms with Crippen molar-refractivity contribution < 1.29 is 14.3 Å². The Labute approximate surface area is 160 Å². The van der Waals surface area contributed by atoms with Gasteiger partial charge in [0.05, 0.1) is 5.92 Å². The van der Waals surface area contributed by atoms with Crippen LogP contribution in [-0.2, 0) is 21.1 Å². The molecule has 27 heavy (non-hydrogen) atoms. The summed E-state index contributed by atoms with van der Waals surface area (Å²) in [5, 5.41) is 8.07. The Balaban J connectivity index is 1.68. The largest absolute Gasteiger partial charge is 0.443 e. The average molecular weight is 388 g/mol. The predicted octanol–water partition coefficient (Wildman–Crippen LogP) is 1.53. The van der Waals surface area contributed by atoms with Gasteiger partial charge in [0.15, 0.2) is 11.9 Å². The second kappa shape index (κ2) is 7.91.